The first-order chi connectivity index (χ1) is 22.0. The molecule has 0 aliphatic carbocycles. The summed E-state index contributed by atoms with van der Waals surface area (Å²) in [6, 6.07) is 11.1. The summed E-state index contributed by atoms with van der Waals surface area (Å²) in [5.74, 6) is -4.11. The molecule has 0 spiro atoms. The minimum Gasteiger partial charge on any atom is -0.475 e. The van der Waals surface area contributed by atoms with Crippen LogP contribution in [0.25, 0.3) is 5.65 Å². The van der Waals surface area contributed by atoms with E-state index in [2.05, 4.69) is 42.0 Å². The zero-order valence-corrected chi connectivity index (χ0v) is 24.6. The van der Waals surface area contributed by atoms with Gasteiger partial charge in [0.15, 0.2) is 11.5 Å². The van der Waals surface area contributed by atoms with Crippen LogP contribution in [0.1, 0.15) is 27.9 Å². The Hall–Kier alpha value is -5.40. The first-order valence-electron chi connectivity index (χ1n) is 13.3. The maximum Gasteiger partial charge on any atom is 0.490 e. The number of nitrogens with zero attached hydrogens (tertiary/aromatic N) is 9. The molecule has 5 rings (SSSR count). The van der Waals surface area contributed by atoms with E-state index in [4.69, 9.17) is 19.8 Å². The summed E-state index contributed by atoms with van der Waals surface area (Å²) in [6.45, 7) is 2.78. The number of halogens is 6. The van der Waals surface area contributed by atoms with E-state index in [1.165, 1.54) is 0 Å². The lowest BCUT2D eigenvalue weighted by atomic mass is 10.1. The largest absolute Gasteiger partial charge is 0.490 e. The van der Waals surface area contributed by atoms with E-state index in [1.807, 2.05) is 40.9 Å². The van der Waals surface area contributed by atoms with Gasteiger partial charge in [-0.2, -0.15) is 26.3 Å². The molecule has 0 aromatic carbocycles. The monoisotopic (exact) mass is 671 g/mol. The third-order valence-corrected chi connectivity index (χ3v) is 6.41. The number of fused-ring (bicyclic) bond motifs is 1. The number of aromatic nitrogens is 6. The van der Waals surface area contributed by atoms with Gasteiger partial charge in [0, 0.05) is 51.5 Å². The van der Waals surface area contributed by atoms with Crippen LogP contribution in [0.5, 0.6) is 0 Å². The number of hydrogen-bond acceptors (Lipinski definition) is 10. The molecule has 2 N–H and O–H groups in total. The van der Waals surface area contributed by atoms with E-state index in [0.717, 1.165) is 24.6 Å². The molecule has 4 aromatic rings. The molecule has 0 bridgehead atoms. The molecular weight excluding hydrogens is 644 g/mol. The van der Waals surface area contributed by atoms with Crippen LogP contribution in [0.3, 0.4) is 0 Å². The molecule has 1 unspecified atom stereocenters. The number of likely N-dealkylation sites (N-methyl/N-ethyl adjacent to an activating group) is 1. The molecule has 1 amide bonds. The van der Waals surface area contributed by atoms with Crippen molar-refractivity contribution in [2.45, 2.75) is 24.9 Å². The van der Waals surface area contributed by atoms with Crippen molar-refractivity contribution in [2.24, 2.45) is 0 Å². The van der Waals surface area contributed by atoms with E-state index in [9.17, 15) is 31.1 Å². The van der Waals surface area contributed by atoms with Crippen molar-refractivity contribution in [1.29, 1.82) is 0 Å². The molecule has 0 radical (unpaired) electrons. The Bertz CT molecular complexity index is 1630. The van der Waals surface area contributed by atoms with Crippen molar-refractivity contribution in [3.63, 3.8) is 0 Å². The molecule has 1 saturated heterocycles. The van der Waals surface area contributed by atoms with Gasteiger partial charge >= 0.3 is 24.3 Å². The van der Waals surface area contributed by atoms with Gasteiger partial charge in [-0.05, 0) is 37.4 Å². The number of carbonyl (C=O) groups excluding carboxylic acids is 1. The van der Waals surface area contributed by atoms with Crippen molar-refractivity contribution < 1.29 is 50.9 Å². The predicted molar refractivity (Wildman–Crippen MR) is 150 cm³/mol. The lowest BCUT2D eigenvalue weighted by Crippen LogP contribution is -2.47. The second kappa shape index (κ2) is 15.3. The Balaban J connectivity index is 0.000000360. The van der Waals surface area contributed by atoms with Gasteiger partial charge in [-0.3, -0.25) is 19.1 Å². The summed E-state index contributed by atoms with van der Waals surface area (Å²) >= 11 is 0. The number of piperazine rings is 1. The van der Waals surface area contributed by atoms with Crippen LogP contribution < -0.4 is 4.90 Å². The Kier molecular flexibility index (Phi) is 11.7. The molecule has 1 aliphatic heterocycles. The van der Waals surface area contributed by atoms with Gasteiger partial charge in [-0.25, -0.2) is 19.6 Å². The molecular formula is C27H27F6N9O5. The van der Waals surface area contributed by atoms with Crippen LogP contribution in [0.2, 0.25) is 0 Å². The second-order valence-corrected chi connectivity index (χ2v) is 9.78. The number of alkyl halides is 6. The van der Waals surface area contributed by atoms with Crippen LogP contribution in [-0.4, -0.2) is 113 Å². The minimum atomic E-state index is -5.08. The van der Waals surface area contributed by atoms with Gasteiger partial charge in [0.25, 0.3) is 5.91 Å². The number of amides is 1. The predicted octanol–water partition coefficient (Wildman–Crippen LogP) is 2.95. The highest BCUT2D eigenvalue weighted by Gasteiger charge is 2.39. The number of carbonyl (C=O) groups is 3. The number of anilines is 1. The summed E-state index contributed by atoms with van der Waals surface area (Å²) in [5.41, 5.74) is 2.12. The summed E-state index contributed by atoms with van der Waals surface area (Å²) in [7, 11) is 3.85. The maximum atomic E-state index is 13.1. The number of aliphatic carboxylic acids is 2. The fourth-order valence-electron chi connectivity index (χ4n) is 4.08. The average Bonchev–Trinajstić information content (AvgIpc) is 3.44. The van der Waals surface area contributed by atoms with Crippen LogP contribution in [-0.2, 0) is 16.1 Å². The van der Waals surface area contributed by atoms with Crippen molar-refractivity contribution in [2.75, 3.05) is 38.6 Å². The van der Waals surface area contributed by atoms with Gasteiger partial charge in [0.05, 0.1) is 23.8 Å². The van der Waals surface area contributed by atoms with Crippen LogP contribution in [0, 0.1) is 0 Å². The fraction of sp³-hybridized carbons (Fsp3) is 0.333. The third-order valence-electron chi connectivity index (χ3n) is 6.41. The Labute approximate surface area is 261 Å². The van der Waals surface area contributed by atoms with Crippen LogP contribution >= 0.6 is 0 Å². The number of hydrogen-bond donors (Lipinski definition) is 2. The summed E-state index contributed by atoms with van der Waals surface area (Å²) < 4.78 is 65.4. The zero-order chi connectivity index (χ0) is 34.9. The summed E-state index contributed by atoms with van der Waals surface area (Å²) in [6.07, 6.45) is -3.11. The average molecular weight is 672 g/mol. The highest BCUT2D eigenvalue weighted by Crippen LogP contribution is 2.25. The first kappa shape index (κ1) is 36.1. The Morgan fingerprint density at radius 3 is 2.02 bits per heavy atom. The molecule has 252 valence electrons. The summed E-state index contributed by atoms with van der Waals surface area (Å²) in [4.78, 5) is 50.1. The maximum absolute atomic E-state index is 13.1. The molecule has 47 heavy (non-hydrogen) atoms. The van der Waals surface area contributed by atoms with E-state index < -0.39 is 24.3 Å². The van der Waals surface area contributed by atoms with Gasteiger partial charge in [-0.1, -0.05) is 6.07 Å². The minimum absolute atomic E-state index is 0.0193. The van der Waals surface area contributed by atoms with E-state index in [0.29, 0.717) is 30.2 Å². The molecule has 0 saturated carbocycles. The number of carboxylic acids is 2. The number of pyridine rings is 2. The third kappa shape index (κ3) is 10.0. The quantitative estimate of drug-likeness (QED) is 0.298. The molecule has 4 aromatic heterocycles. The van der Waals surface area contributed by atoms with Gasteiger partial charge in [0.2, 0.25) is 5.95 Å². The normalized spacial score (nSPS) is 15.1. The Morgan fingerprint density at radius 1 is 0.872 bits per heavy atom. The molecule has 1 aliphatic rings. The van der Waals surface area contributed by atoms with E-state index >= 15 is 0 Å². The van der Waals surface area contributed by atoms with Crippen molar-refractivity contribution >= 4 is 29.4 Å². The fourth-order valence-corrected chi connectivity index (χ4v) is 4.08. The topological polar surface area (TPSA) is 170 Å². The Morgan fingerprint density at radius 2 is 1.47 bits per heavy atom. The molecule has 1 fully saturated rings. The SMILES string of the molecule is CN(Cc1ccccn1)C(=O)c1ccc2nnc(C3CN(c4ncccn4)CCN3C)n2c1.O=C(O)C(F)(F)F.O=C(O)C(F)(F)F. The number of carboxylic acid groups (broad SMARTS) is 2. The lowest BCUT2D eigenvalue weighted by Gasteiger charge is -2.38. The second-order valence-electron chi connectivity index (χ2n) is 9.78. The van der Waals surface area contributed by atoms with Gasteiger partial charge in [-0.15, -0.1) is 10.2 Å². The van der Waals surface area contributed by atoms with Gasteiger partial charge < -0.3 is 20.0 Å². The smallest absolute Gasteiger partial charge is 0.475 e. The molecule has 14 nitrogen and oxygen atoms in total. The lowest BCUT2D eigenvalue weighted by molar-refractivity contribution is -0.193. The van der Waals surface area contributed by atoms with E-state index in [-0.39, 0.29) is 11.9 Å². The van der Waals surface area contributed by atoms with Crippen LogP contribution in [0.4, 0.5) is 32.3 Å². The van der Waals surface area contributed by atoms with Crippen LogP contribution in [0.15, 0.2) is 61.2 Å². The highest BCUT2D eigenvalue weighted by atomic mass is 19.4. The summed E-state index contributed by atoms with van der Waals surface area (Å²) in [5, 5.41) is 23.1. The first-order valence-corrected chi connectivity index (χ1v) is 13.3. The molecule has 5 heterocycles. The molecule has 20 heteroatoms. The highest BCUT2D eigenvalue weighted by molar-refractivity contribution is 5.94. The van der Waals surface area contributed by atoms with Crippen molar-refractivity contribution in [3.05, 3.63) is 78.3 Å². The van der Waals surface area contributed by atoms with Crippen molar-refractivity contribution in [1.82, 2.24) is 39.3 Å². The standard InChI is InChI=1S/C23H25N9O.2C2HF3O2/c1-29-12-13-31(23-25-10-5-11-26-23)16-19(29)21-28-27-20-8-7-17(14-32(20)21)22(33)30(2)15-18-6-3-4-9-24-18;2*3-2(4,5)1(6)7/h3-11,14,19H,12-13,15-16H2,1-2H3;2*(H,6,7). The molecule has 1 atom stereocenters. The van der Waals surface area contributed by atoms with E-state index in [1.54, 1.807) is 36.6 Å². The van der Waals surface area contributed by atoms with Gasteiger partial charge in [0.1, 0.15) is 0 Å². The number of rotatable bonds is 5. The zero-order valence-electron chi connectivity index (χ0n) is 24.6. The van der Waals surface area contributed by atoms with Crippen molar-refractivity contribution in [3.8, 4) is 0 Å².